The van der Waals surface area contributed by atoms with Gasteiger partial charge in [0.05, 0.1) is 0 Å². The molecule has 2 nitrogen and oxygen atoms in total. The summed E-state index contributed by atoms with van der Waals surface area (Å²) < 4.78 is 6.43. The van der Waals surface area contributed by atoms with Crippen LogP contribution in [-0.4, -0.2) is 0 Å². The number of rotatable bonds is 9. The molecule has 0 unspecified atom stereocenters. The Morgan fingerprint density at radius 1 is 0.242 bits per heavy atom. The fourth-order valence-corrected chi connectivity index (χ4v) is 8.71. The maximum atomic E-state index is 6.43. The minimum Gasteiger partial charge on any atom is -0.455 e. The standard InChI is InChI=1S/C60H41NO/c1-3-13-42(14-4-1)47-17-9-19-49(39-47)44-27-33-53(34-28-44)61(55-37-31-46(32-38-55)56-24-12-25-58-57-23-7-8-26-59(57)62-60(56)58)54-35-29-45(30-36-54)50-20-11-22-52(41-50)51-21-10-18-48(40-51)43-15-5-2-6-16-43/h1-41H. The Balaban J connectivity index is 0.944. The van der Waals surface area contributed by atoms with E-state index in [4.69, 9.17) is 4.42 Å². The Morgan fingerprint density at radius 3 is 1.05 bits per heavy atom. The van der Waals surface area contributed by atoms with Crippen molar-refractivity contribution in [2.45, 2.75) is 0 Å². The maximum absolute atomic E-state index is 6.43. The molecular weight excluding hydrogens is 751 g/mol. The molecule has 0 saturated carbocycles. The lowest BCUT2D eigenvalue weighted by atomic mass is 9.96. The molecule has 0 atom stereocenters. The van der Waals surface area contributed by atoms with Gasteiger partial charge in [0.25, 0.3) is 0 Å². The van der Waals surface area contributed by atoms with Gasteiger partial charge in [0, 0.05) is 33.4 Å². The van der Waals surface area contributed by atoms with Crippen LogP contribution in [0.1, 0.15) is 0 Å². The van der Waals surface area contributed by atoms with Gasteiger partial charge < -0.3 is 9.32 Å². The Kier molecular flexibility index (Phi) is 9.57. The third-order valence-electron chi connectivity index (χ3n) is 11.9. The van der Waals surface area contributed by atoms with Crippen molar-refractivity contribution in [3.63, 3.8) is 0 Å². The minimum atomic E-state index is 0.903. The smallest absolute Gasteiger partial charge is 0.143 e. The topological polar surface area (TPSA) is 16.4 Å². The number of hydrogen-bond donors (Lipinski definition) is 0. The van der Waals surface area contributed by atoms with Crippen LogP contribution in [0.25, 0.3) is 88.7 Å². The molecule has 0 bridgehead atoms. The van der Waals surface area contributed by atoms with E-state index < -0.39 is 0 Å². The van der Waals surface area contributed by atoms with Gasteiger partial charge in [0.15, 0.2) is 0 Å². The first kappa shape index (κ1) is 36.8. The average molecular weight is 792 g/mol. The van der Waals surface area contributed by atoms with Crippen molar-refractivity contribution in [1.82, 2.24) is 0 Å². The van der Waals surface area contributed by atoms with E-state index in [-0.39, 0.29) is 0 Å². The van der Waals surface area contributed by atoms with Gasteiger partial charge in [-0.05, 0) is 122 Å². The Morgan fingerprint density at radius 2 is 0.581 bits per heavy atom. The molecule has 11 rings (SSSR count). The fourth-order valence-electron chi connectivity index (χ4n) is 8.71. The van der Waals surface area contributed by atoms with Crippen molar-refractivity contribution >= 4 is 39.0 Å². The molecule has 62 heavy (non-hydrogen) atoms. The highest BCUT2D eigenvalue weighted by atomic mass is 16.3. The summed E-state index contributed by atoms with van der Waals surface area (Å²) in [5.74, 6) is 0. The minimum absolute atomic E-state index is 0.903. The van der Waals surface area contributed by atoms with Crippen LogP contribution >= 0.6 is 0 Å². The molecule has 0 aliphatic rings. The Bertz CT molecular complexity index is 3310. The molecule has 2 heteroatoms. The SMILES string of the molecule is c1ccc(-c2cccc(-c3ccc(N(c4ccc(-c5cccc(-c6cccc(-c7ccccc7)c6)c5)cc4)c4ccc(-c5cccc6c5oc5ccccc56)cc4)cc3)c2)cc1. The summed E-state index contributed by atoms with van der Waals surface area (Å²) in [4.78, 5) is 2.34. The van der Waals surface area contributed by atoms with Crippen LogP contribution in [0.4, 0.5) is 17.1 Å². The van der Waals surface area contributed by atoms with E-state index in [0.29, 0.717) is 0 Å². The van der Waals surface area contributed by atoms with Crippen molar-refractivity contribution in [2.24, 2.45) is 0 Å². The number of furan rings is 1. The van der Waals surface area contributed by atoms with Crippen molar-refractivity contribution in [1.29, 1.82) is 0 Å². The highest BCUT2D eigenvalue weighted by Crippen LogP contribution is 2.41. The zero-order valence-electron chi connectivity index (χ0n) is 34.0. The molecule has 10 aromatic carbocycles. The van der Waals surface area contributed by atoms with Crippen LogP contribution in [0, 0.1) is 0 Å². The summed E-state index contributed by atoms with van der Waals surface area (Å²) in [6.45, 7) is 0. The first-order valence-electron chi connectivity index (χ1n) is 21.2. The Hall–Kier alpha value is -8.20. The lowest BCUT2D eigenvalue weighted by Gasteiger charge is -2.26. The third kappa shape index (κ3) is 7.14. The second-order valence-electron chi connectivity index (χ2n) is 15.7. The maximum Gasteiger partial charge on any atom is 0.143 e. The molecule has 0 spiro atoms. The lowest BCUT2D eigenvalue weighted by Crippen LogP contribution is -2.09. The fraction of sp³-hybridized carbons (Fsp3) is 0. The zero-order chi connectivity index (χ0) is 41.2. The Labute approximate surface area is 362 Å². The van der Waals surface area contributed by atoms with Crippen molar-refractivity contribution < 1.29 is 4.42 Å². The summed E-state index contributed by atoms with van der Waals surface area (Å²) in [6.07, 6.45) is 0. The van der Waals surface area contributed by atoms with Crippen LogP contribution in [0.15, 0.2) is 253 Å². The predicted octanol–water partition coefficient (Wildman–Crippen LogP) is 17.1. The number of hydrogen-bond acceptors (Lipinski definition) is 2. The van der Waals surface area contributed by atoms with Gasteiger partial charge in [-0.2, -0.15) is 0 Å². The van der Waals surface area contributed by atoms with Crippen LogP contribution < -0.4 is 4.90 Å². The largest absolute Gasteiger partial charge is 0.455 e. The second kappa shape index (κ2) is 16.1. The molecule has 0 radical (unpaired) electrons. The number of nitrogens with zero attached hydrogens (tertiary/aromatic N) is 1. The predicted molar refractivity (Wildman–Crippen MR) is 261 cm³/mol. The van der Waals surface area contributed by atoms with E-state index in [0.717, 1.165) is 55.7 Å². The number of fused-ring (bicyclic) bond motifs is 3. The van der Waals surface area contributed by atoms with Gasteiger partial charge in [-0.3, -0.25) is 0 Å². The molecule has 292 valence electrons. The number of benzene rings is 10. The van der Waals surface area contributed by atoms with E-state index in [2.05, 4.69) is 241 Å². The van der Waals surface area contributed by atoms with E-state index in [1.165, 1.54) is 50.1 Å². The molecule has 0 amide bonds. The van der Waals surface area contributed by atoms with E-state index in [9.17, 15) is 0 Å². The zero-order valence-corrected chi connectivity index (χ0v) is 34.0. The summed E-state index contributed by atoms with van der Waals surface area (Å²) >= 11 is 0. The molecule has 0 aliphatic carbocycles. The van der Waals surface area contributed by atoms with E-state index in [1.807, 2.05) is 12.1 Å². The summed E-state index contributed by atoms with van der Waals surface area (Å²) in [5.41, 5.74) is 19.2. The normalized spacial score (nSPS) is 11.2. The van der Waals surface area contributed by atoms with Gasteiger partial charge >= 0.3 is 0 Å². The second-order valence-corrected chi connectivity index (χ2v) is 15.7. The van der Waals surface area contributed by atoms with Crippen LogP contribution in [0.2, 0.25) is 0 Å². The molecule has 0 N–H and O–H groups in total. The molecule has 0 saturated heterocycles. The van der Waals surface area contributed by atoms with Gasteiger partial charge in [0.2, 0.25) is 0 Å². The lowest BCUT2D eigenvalue weighted by molar-refractivity contribution is 0.670. The number of anilines is 3. The van der Waals surface area contributed by atoms with Gasteiger partial charge in [0.1, 0.15) is 11.2 Å². The van der Waals surface area contributed by atoms with Gasteiger partial charge in [-0.15, -0.1) is 0 Å². The van der Waals surface area contributed by atoms with Gasteiger partial charge in [-0.1, -0.05) is 188 Å². The summed E-state index contributed by atoms with van der Waals surface area (Å²) in [5, 5.41) is 2.26. The van der Waals surface area contributed by atoms with Crippen LogP contribution in [0.5, 0.6) is 0 Å². The monoisotopic (exact) mass is 791 g/mol. The quantitative estimate of drug-likeness (QED) is 0.145. The van der Waals surface area contributed by atoms with Crippen molar-refractivity contribution in [2.75, 3.05) is 4.90 Å². The summed E-state index contributed by atoms with van der Waals surface area (Å²) in [6, 6.07) is 89.0. The number of para-hydroxylation sites is 2. The highest BCUT2D eigenvalue weighted by molar-refractivity contribution is 6.09. The van der Waals surface area contributed by atoms with E-state index >= 15 is 0 Å². The van der Waals surface area contributed by atoms with Gasteiger partial charge in [-0.25, -0.2) is 0 Å². The summed E-state index contributed by atoms with van der Waals surface area (Å²) in [7, 11) is 0. The first-order valence-corrected chi connectivity index (χ1v) is 21.2. The first-order chi connectivity index (χ1) is 30.7. The molecular formula is C60H41NO. The highest BCUT2D eigenvalue weighted by Gasteiger charge is 2.16. The molecule has 0 fully saturated rings. The molecule has 0 aliphatic heterocycles. The van der Waals surface area contributed by atoms with Crippen molar-refractivity contribution in [3.05, 3.63) is 249 Å². The van der Waals surface area contributed by atoms with E-state index in [1.54, 1.807) is 0 Å². The average Bonchev–Trinajstić information content (AvgIpc) is 3.75. The third-order valence-corrected chi connectivity index (χ3v) is 11.9. The molecule has 1 heterocycles. The molecule has 11 aromatic rings. The van der Waals surface area contributed by atoms with Crippen LogP contribution in [0.3, 0.4) is 0 Å². The molecule has 1 aromatic heterocycles. The van der Waals surface area contributed by atoms with Crippen molar-refractivity contribution in [3.8, 4) is 66.8 Å². The van der Waals surface area contributed by atoms with Crippen LogP contribution in [-0.2, 0) is 0 Å².